The number of nitrogens with zero attached hydrogens (tertiary/aromatic N) is 2. The van der Waals surface area contributed by atoms with E-state index in [4.69, 9.17) is 5.73 Å². The number of aromatic nitrogens is 1. The molecule has 1 aromatic heterocycles. The van der Waals surface area contributed by atoms with Gasteiger partial charge < -0.3 is 10.5 Å². The lowest BCUT2D eigenvalue weighted by Gasteiger charge is -2.20. The zero-order chi connectivity index (χ0) is 7.84. The highest BCUT2D eigenvalue weighted by Crippen LogP contribution is 2.25. The maximum atomic E-state index is 5.59. The molecular weight excluding hydrogens is 157 g/mol. The second-order valence-corrected chi connectivity index (χ2v) is 4.02. The van der Waals surface area contributed by atoms with Crippen LogP contribution in [0, 0.1) is 0 Å². The van der Waals surface area contributed by atoms with Crippen LogP contribution in [0.4, 0.5) is 5.13 Å². The van der Waals surface area contributed by atoms with Crippen LogP contribution in [0.3, 0.4) is 0 Å². The van der Waals surface area contributed by atoms with Gasteiger partial charge in [0, 0.05) is 17.8 Å². The maximum absolute atomic E-state index is 5.59. The van der Waals surface area contributed by atoms with Gasteiger partial charge in [0.15, 0.2) is 13.1 Å². The van der Waals surface area contributed by atoms with Crippen molar-refractivity contribution in [2.24, 2.45) is 0 Å². The molecule has 3 nitrogen and oxygen atoms in total. The van der Waals surface area contributed by atoms with Gasteiger partial charge >= 0.3 is 0 Å². The Labute approximate surface area is 70.7 Å². The van der Waals surface area contributed by atoms with Crippen molar-refractivity contribution >= 4 is 24.4 Å². The Morgan fingerprint density at radius 1 is 1.64 bits per heavy atom. The molecule has 1 aromatic rings. The fraction of sp³-hybridized carbons (Fsp3) is 0.500. The van der Waals surface area contributed by atoms with Crippen molar-refractivity contribution in [1.29, 1.82) is 0 Å². The molecule has 0 unspecified atom stereocenters. The van der Waals surface area contributed by atoms with E-state index in [1.807, 2.05) is 0 Å². The van der Waals surface area contributed by atoms with Crippen molar-refractivity contribution < 1.29 is 0 Å². The Balaban J connectivity index is 2.34. The first-order chi connectivity index (χ1) is 5.25. The summed E-state index contributed by atoms with van der Waals surface area (Å²) in [7, 11) is 2.12. The van der Waals surface area contributed by atoms with E-state index in [1.54, 1.807) is 11.3 Å². The van der Waals surface area contributed by atoms with Gasteiger partial charge in [-0.05, 0) is 6.54 Å². The van der Waals surface area contributed by atoms with E-state index in [0.29, 0.717) is 5.13 Å². The smallest absolute Gasteiger partial charge is 0.185 e. The van der Waals surface area contributed by atoms with Gasteiger partial charge in [0.25, 0.3) is 0 Å². The number of hydrogen-bond acceptors (Lipinski definition) is 4. The zero-order valence-electron chi connectivity index (χ0n) is 6.50. The molecule has 0 fully saturated rings. The molecule has 0 atom stereocenters. The van der Waals surface area contributed by atoms with Crippen LogP contribution in [0.2, 0.25) is 0 Å². The number of nitrogen functional groups attached to an aromatic ring is 1. The molecule has 0 radical (unpaired) electrons. The van der Waals surface area contributed by atoms with Crippen LogP contribution in [0.25, 0.3) is 0 Å². The van der Waals surface area contributed by atoms with Crippen LogP contribution in [-0.4, -0.2) is 24.3 Å². The van der Waals surface area contributed by atoms with Crippen molar-refractivity contribution in [2.45, 2.75) is 13.0 Å². The van der Waals surface area contributed by atoms with Crippen LogP contribution >= 0.6 is 11.3 Å². The summed E-state index contributed by atoms with van der Waals surface area (Å²) in [6.45, 7) is 2.13. The van der Waals surface area contributed by atoms with E-state index in [0.717, 1.165) is 19.5 Å². The molecule has 0 saturated heterocycles. The normalized spacial score (nSPS) is 18.2. The predicted octanol–water partition coefficient (Wildman–Crippen LogP) is -0.369. The van der Waals surface area contributed by atoms with E-state index in [-0.39, 0.29) is 0 Å². The Hall–Kier alpha value is -0.545. The number of hydrogen-bond donors (Lipinski definition) is 1. The van der Waals surface area contributed by atoms with E-state index >= 15 is 0 Å². The quantitative estimate of drug-likeness (QED) is 0.536. The molecule has 2 rings (SSSR count). The Kier molecular flexibility index (Phi) is 1.62. The first-order valence-electron chi connectivity index (χ1n) is 3.68. The molecule has 0 saturated carbocycles. The first-order valence-corrected chi connectivity index (χ1v) is 4.50. The van der Waals surface area contributed by atoms with Crippen molar-refractivity contribution in [3.63, 3.8) is 0 Å². The number of rotatable bonds is 0. The Morgan fingerprint density at radius 3 is 3.27 bits per heavy atom. The molecule has 11 heavy (non-hydrogen) atoms. The minimum atomic E-state index is 0.713. The summed E-state index contributed by atoms with van der Waals surface area (Å²) in [5.74, 6) is 0. The maximum Gasteiger partial charge on any atom is 0.185 e. The van der Waals surface area contributed by atoms with Gasteiger partial charge in [-0.3, -0.25) is 0 Å². The summed E-state index contributed by atoms with van der Waals surface area (Å²) >= 11 is 1.62. The van der Waals surface area contributed by atoms with Gasteiger partial charge in [0.2, 0.25) is 0 Å². The summed E-state index contributed by atoms with van der Waals surface area (Å²) in [5, 5.41) is 0.713. The summed E-state index contributed by atoms with van der Waals surface area (Å²) in [5.41, 5.74) is 6.81. The van der Waals surface area contributed by atoms with E-state index in [1.165, 1.54) is 10.6 Å². The van der Waals surface area contributed by atoms with Crippen molar-refractivity contribution in [1.82, 2.24) is 9.79 Å². The average molecular weight is 167 g/mol. The average Bonchev–Trinajstić information content (AvgIpc) is 2.27. The number of nitrogens with two attached hydrogens (primary N) is 1. The Morgan fingerprint density at radius 2 is 2.45 bits per heavy atom. The topological polar surface area (TPSA) is 42.2 Å². The van der Waals surface area contributed by atoms with Crippen LogP contribution in [-0.2, 0) is 13.0 Å². The van der Waals surface area contributed by atoms with Gasteiger partial charge in [-0.1, -0.05) is 0 Å². The molecule has 0 spiro atoms. The van der Waals surface area contributed by atoms with Gasteiger partial charge in [-0.2, -0.15) is 0 Å². The van der Waals surface area contributed by atoms with Crippen molar-refractivity contribution in [2.75, 3.05) is 12.3 Å². The predicted molar refractivity (Wildman–Crippen MR) is 49.2 cm³/mol. The molecule has 5 heteroatoms. The molecule has 1 aliphatic rings. The lowest BCUT2D eigenvalue weighted by atomic mass is 10.1. The fourth-order valence-electron chi connectivity index (χ4n) is 1.34. The third-order valence-corrected chi connectivity index (χ3v) is 2.85. The molecular formula is C6H10BN3S. The van der Waals surface area contributed by atoms with Crippen LogP contribution in [0.15, 0.2) is 0 Å². The summed E-state index contributed by atoms with van der Waals surface area (Å²) < 4.78 is 0. The summed E-state index contributed by atoms with van der Waals surface area (Å²) in [6.07, 6.45) is 1.06. The van der Waals surface area contributed by atoms with E-state index in [9.17, 15) is 0 Å². The number of thiazole rings is 1. The van der Waals surface area contributed by atoms with Crippen molar-refractivity contribution in [3.05, 3.63) is 10.6 Å². The minimum Gasteiger partial charge on any atom is -0.375 e. The monoisotopic (exact) mass is 167 g/mol. The standard InChI is InChI=1S/C6H10BN3S/c7-10-2-1-4-5(3-10)11-6(8)9-4/h1-3,7H2,(H2,8,9). The van der Waals surface area contributed by atoms with E-state index < -0.39 is 0 Å². The molecule has 58 valence electrons. The first kappa shape index (κ1) is 7.12. The van der Waals surface area contributed by atoms with Crippen LogP contribution in [0.1, 0.15) is 10.6 Å². The van der Waals surface area contributed by atoms with Crippen LogP contribution < -0.4 is 5.73 Å². The lowest BCUT2D eigenvalue weighted by Crippen LogP contribution is -2.26. The molecule has 0 aromatic carbocycles. The Bertz CT molecular complexity index is 273. The molecule has 0 amide bonds. The minimum absolute atomic E-state index is 0.713. The number of fused-ring (bicyclic) bond motifs is 1. The molecule has 0 bridgehead atoms. The van der Waals surface area contributed by atoms with Crippen LogP contribution in [0.5, 0.6) is 0 Å². The van der Waals surface area contributed by atoms with Gasteiger partial charge in [0.1, 0.15) is 0 Å². The van der Waals surface area contributed by atoms with Crippen molar-refractivity contribution in [3.8, 4) is 0 Å². The third-order valence-electron chi connectivity index (χ3n) is 1.94. The third kappa shape index (κ3) is 1.26. The summed E-state index contributed by atoms with van der Waals surface area (Å²) in [6, 6.07) is 0. The second-order valence-electron chi connectivity index (χ2n) is 2.91. The highest BCUT2D eigenvalue weighted by Gasteiger charge is 2.16. The lowest BCUT2D eigenvalue weighted by molar-refractivity contribution is 0.429. The molecule has 2 N–H and O–H groups in total. The highest BCUT2D eigenvalue weighted by molar-refractivity contribution is 7.15. The van der Waals surface area contributed by atoms with E-state index in [2.05, 4.69) is 17.8 Å². The van der Waals surface area contributed by atoms with Gasteiger partial charge in [0.05, 0.1) is 5.69 Å². The second kappa shape index (κ2) is 2.50. The summed E-state index contributed by atoms with van der Waals surface area (Å²) in [4.78, 5) is 7.89. The SMILES string of the molecule is BN1CCc2nc(N)sc2C1. The molecule has 1 aliphatic heterocycles. The van der Waals surface area contributed by atoms with Gasteiger partial charge in [-0.25, -0.2) is 4.98 Å². The largest absolute Gasteiger partial charge is 0.375 e. The van der Waals surface area contributed by atoms with Gasteiger partial charge in [-0.15, -0.1) is 11.3 Å². The number of anilines is 1. The fourth-order valence-corrected chi connectivity index (χ4v) is 2.30. The molecule has 0 aliphatic carbocycles. The zero-order valence-corrected chi connectivity index (χ0v) is 7.32. The molecule has 2 heterocycles. The highest BCUT2D eigenvalue weighted by atomic mass is 32.1.